The molecule has 1 aromatic carbocycles. The maximum atomic E-state index is 12.8. The second-order valence-corrected chi connectivity index (χ2v) is 7.80. The molecular weight excluding hydrogens is 422 g/mol. The van der Waals surface area contributed by atoms with E-state index in [0.29, 0.717) is 16.9 Å². The first-order valence-electron chi connectivity index (χ1n) is 7.68. The van der Waals surface area contributed by atoms with Crippen LogP contribution < -0.4 is 9.46 Å². The number of aryl methyl sites for hydroxylation is 1. The van der Waals surface area contributed by atoms with E-state index in [1.165, 1.54) is 18.5 Å². The normalized spacial score (nSPS) is 11.3. The minimum atomic E-state index is -3.90. The van der Waals surface area contributed by atoms with Gasteiger partial charge in [0, 0.05) is 22.9 Å². The Labute approximate surface area is 159 Å². The number of aromatic nitrogens is 4. The standard InChI is InChI=1S/C16H16BrN5O3S/c1-3-25-13-5-4-12(17)8-14(13)26(23,24)21-15-9-16(20-10-19-15)22-7-6-18-11(22)2/h4-10H,3H2,1-2H3,(H,19,20,21). The Kier molecular flexibility index (Phi) is 5.23. The lowest BCUT2D eigenvalue weighted by Gasteiger charge is -2.13. The van der Waals surface area contributed by atoms with Crippen molar-refractivity contribution in [2.75, 3.05) is 11.3 Å². The molecule has 0 radical (unpaired) electrons. The number of rotatable bonds is 6. The lowest BCUT2D eigenvalue weighted by atomic mass is 10.3. The number of halogens is 1. The minimum Gasteiger partial charge on any atom is -0.492 e. The summed E-state index contributed by atoms with van der Waals surface area (Å²) in [6.45, 7) is 3.96. The second-order valence-electron chi connectivity index (χ2n) is 5.24. The van der Waals surface area contributed by atoms with Crippen LogP contribution in [-0.4, -0.2) is 34.5 Å². The van der Waals surface area contributed by atoms with Gasteiger partial charge in [-0.25, -0.2) is 23.4 Å². The van der Waals surface area contributed by atoms with Crippen molar-refractivity contribution in [3.63, 3.8) is 0 Å². The molecule has 0 aliphatic heterocycles. The van der Waals surface area contributed by atoms with Crippen LogP contribution in [0.25, 0.3) is 5.82 Å². The number of sulfonamides is 1. The van der Waals surface area contributed by atoms with Gasteiger partial charge in [-0.15, -0.1) is 0 Å². The summed E-state index contributed by atoms with van der Waals surface area (Å²) in [5.74, 6) is 1.64. The van der Waals surface area contributed by atoms with Gasteiger partial charge in [-0.1, -0.05) is 15.9 Å². The Morgan fingerprint density at radius 3 is 2.73 bits per heavy atom. The highest BCUT2D eigenvalue weighted by Crippen LogP contribution is 2.29. The Bertz CT molecular complexity index is 1040. The van der Waals surface area contributed by atoms with Gasteiger partial charge in [-0.3, -0.25) is 9.29 Å². The van der Waals surface area contributed by atoms with Gasteiger partial charge in [0.15, 0.2) is 0 Å². The van der Waals surface area contributed by atoms with Crippen LogP contribution in [0, 0.1) is 6.92 Å². The molecule has 0 spiro atoms. The summed E-state index contributed by atoms with van der Waals surface area (Å²) in [5, 5.41) is 0. The third-order valence-electron chi connectivity index (χ3n) is 3.46. The number of anilines is 1. The van der Waals surface area contributed by atoms with Gasteiger partial charge in [0.25, 0.3) is 10.0 Å². The number of benzene rings is 1. The molecule has 0 amide bonds. The van der Waals surface area contributed by atoms with E-state index in [9.17, 15) is 8.42 Å². The monoisotopic (exact) mass is 437 g/mol. The van der Waals surface area contributed by atoms with Crippen LogP contribution in [0.2, 0.25) is 0 Å². The number of nitrogens with one attached hydrogen (secondary N) is 1. The Morgan fingerprint density at radius 2 is 2.04 bits per heavy atom. The van der Waals surface area contributed by atoms with Crippen LogP contribution in [0.4, 0.5) is 5.82 Å². The second kappa shape index (κ2) is 7.42. The predicted molar refractivity (Wildman–Crippen MR) is 100 cm³/mol. The molecule has 10 heteroatoms. The molecule has 1 N–H and O–H groups in total. The van der Waals surface area contributed by atoms with Gasteiger partial charge in [-0.2, -0.15) is 0 Å². The first kappa shape index (κ1) is 18.3. The zero-order chi connectivity index (χ0) is 18.7. The number of ether oxygens (including phenoxy) is 1. The van der Waals surface area contributed by atoms with Crippen molar-refractivity contribution >= 4 is 31.8 Å². The van der Waals surface area contributed by atoms with E-state index in [2.05, 4.69) is 35.6 Å². The summed E-state index contributed by atoms with van der Waals surface area (Å²) in [6.07, 6.45) is 4.66. The average molecular weight is 438 g/mol. The molecule has 2 heterocycles. The average Bonchev–Trinajstić information content (AvgIpc) is 3.02. The van der Waals surface area contributed by atoms with Crippen molar-refractivity contribution in [1.29, 1.82) is 0 Å². The third kappa shape index (κ3) is 3.86. The van der Waals surface area contributed by atoms with E-state index < -0.39 is 10.0 Å². The van der Waals surface area contributed by atoms with Crippen molar-refractivity contribution < 1.29 is 13.2 Å². The molecule has 8 nitrogen and oxygen atoms in total. The fraction of sp³-hybridized carbons (Fsp3) is 0.188. The van der Waals surface area contributed by atoms with Gasteiger partial charge >= 0.3 is 0 Å². The van der Waals surface area contributed by atoms with Crippen LogP contribution in [0.15, 0.2) is 52.4 Å². The number of nitrogens with zero attached hydrogens (tertiary/aromatic N) is 4. The van der Waals surface area contributed by atoms with Gasteiger partial charge < -0.3 is 4.74 Å². The van der Waals surface area contributed by atoms with Crippen molar-refractivity contribution in [1.82, 2.24) is 19.5 Å². The molecule has 3 aromatic rings. The van der Waals surface area contributed by atoms with Gasteiger partial charge in [0.2, 0.25) is 0 Å². The highest BCUT2D eigenvalue weighted by molar-refractivity contribution is 9.10. The largest absolute Gasteiger partial charge is 0.492 e. The van der Waals surface area contributed by atoms with Crippen LogP contribution in [0.5, 0.6) is 5.75 Å². The summed E-state index contributed by atoms with van der Waals surface area (Å²) < 4.78 is 35.9. The quantitative estimate of drug-likeness (QED) is 0.636. The third-order valence-corrected chi connectivity index (χ3v) is 5.33. The topological polar surface area (TPSA) is 99.0 Å². The molecule has 0 aliphatic rings. The maximum Gasteiger partial charge on any atom is 0.266 e. The SMILES string of the molecule is CCOc1ccc(Br)cc1S(=O)(=O)Nc1cc(-n2ccnc2C)ncn1. The molecule has 0 bridgehead atoms. The van der Waals surface area contributed by atoms with Crippen LogP contribution in [0.1, 0.15) is 12.7 Å². The summed E-state index contributed by atoms with van der Waals surface area (Å²) in [4.78, 5) is 12.3. The number of hydrogen-bond acceptors (Lipinski definition) is 6. The van der Waals surface area contributed by atoms with Crippen molar-refractivity contribution in [2.24, 2.45) is 0 Å². The van der Waals surface area contributed by atoms with E-state index in [1.54, 1.807) is 36.0 Å². The Morgan fingerprint density at radius 1 is 1.23 bits per heavy atom. The summed E-state index contributed by atoms with van der Waals surface area (Å²) >= 11 is 3.29. The summed E-state index contributed by atoms with van der Waals surface area (Å²) in [5.41, 5.74) is 0. The summed E-state index contributed by atoms with van der Waals surface area (Å²) in [7, 11) is -3.90. The molecule has 26 heavy (non-hydrogen) atoms. The van der Waals surface area contributed by atoms with Crippen LogP contribution in [-0.2, 0) is 10.0 Å². The van der Waals surface area contributed by atoms with Gasteiger partial charge in [0.1, 0.15) is 34.4 Å². The molecular formula is C16H16BrN5O3S. The molecule has 0 saturated carbocycles. The molecule has 136 valence electrons. The van der Waals surface area contributed by atoms with Crippen LogP contribution in [0.3, 0.4) is 0 Å². The zero-order valence-corrected chi connectivity index (χ0v) is 16.5. The smallest absolute Gasteiger partial charge is 0.266 e. The van der Waals surface area contributed by atoms with E-state index >= 15 is 0 Å². The van der Waals surface area contributed by atoms with E-state index in [1.807, 2.05) is 6.92 Å². The first-order chi connectivity index (χ1) is 12.4. The lowest BCUT2D eigenvalue weighted by molar-refractivity contribution is 0.331. The van der Waals surface area contributed by atoms with Crippen molar-refractivity contribution in [2.45, 2.75) is 18.7 Å². The molecule has 0 fully saturated rings. The predicted octanol–water partition coefficient (Wildman–Crippen LogP) is 2.93. The fourth-order valence-corrected chi connectivity index (χ4v) is 4.00. The van der Waals surface area contributed by atoms with E-state index in [-0.39, 0.29) is 16.5 Å². The highest BCUT2D eigenvalue weighted by atomic mass is 79.9. The molecule has 0 saturated heterocycles. The van der Waals surface area contributed by atoms with Crippen molar-refractivity contribution in [3.05, 3.63) is 53.3 Å². The fourth-order valence-electron chi connectivity index (χ4n) is 2.31. The molecule has 0 unspecified atom stereocenters. The Hall–Kier alpha value is -2.46. The molecule has 0 aliphatic carbocycles. The molecule has 3 rings (SSSR count). The zero-order valence-electron chi connectivity index (χ0n) is 14.0. The number of hydrogen-bond donors (Lipinski definition) is 1. The van der Waals surface area contributed by atoms with Gasteiger partial charge in [0.05, 0.1) is 6.61 Å². The van der Waals surface area contributed by atoms with Gasteiger partial charge in [-0.05, 0) is 32.0 Å². The van der Waals surface area contributed by atoms with E-state index in [0.717, 1.165) is 5.82 Å². The molecule has 0 atom stereocenters. The highest BCUT2D eigenvalue weighted by Gasteiger charge is 2.21. The lowest BCUT2D eigenvalue weighted by Crippen LogP contribution is -2.16. The number of imidazole rings is 1. The Balaban J connectivity index is 1.96. The molecule has 2 aromatic heterocycles. The minimum absolute atomic E-state index is 0.0210. The maximum absolute atomic E-state index is 12.8. The first-order valence-corrected chi connectivity index (χ1v) is 9.96. The van der Waals surface area contributed by atoms with Crippen molar-refractivity contribution in [3.8, 4) is 11.6 Å². The van der Waals surface area contributed by atoms with Crippen LogP contribution >= 0.6 is 15.9 Å². The van der Waals surface area contributed by atoms with E-state index in [4.69, 9.17) is 4.74 Å². The summed E-state index contributed by atoms with van der Waals surface area (Å²) in [6, 6.07) is 6.33.